The smallest absolute Gasteiger partial charge is 0.251 e. The second-order valence-corrected chi connectivity index (χ2v) is 7.66. The Kier molecular flexibility index (Phi) is 5.08. The number of benzene rings is 1. The van der Waals surface area contributed by atoms with Gasteiger partial charge in [-0.15, -0.1) is 0 Å². The number of ether oxygens (including phenoxy) is 1. The summed E-state index contributed by atoms with van der Waals surface area (Å²) in [5.74, 6) is -1.88. The Labute approximate surface area is 163 Å². The molecule has 1 amide bonds. The topological polar surface area (TPSA) is 45.7 Å². The number of rotatable bonds is 3. The largest absolute Gasteiger partial charge is 0.497 e. The highest BCUT2D eigenvalue weighted by Crippen LogP contribution is 2.33. The Bertz CT molecular complexity index is 856. The molecule has 0 unspecified atom stereocenters. The van der Waals surface area contributed by atoms with Crippen LogP contribution in [0.5, 0.6) is 5.75 Å². The van der Waals surface area contributed by atoms with Gasteiger partial charge in [-0.1, -0.05) is 0 Å². The van der Waals surface area contributed by atoms with Gasteiger partial charge >= 0.3 is 0 Å². The van der Waals surface area contributed by atoms with Gasteiger partial charge in [0, 0.05) is 62.2 Å². The summed E-state index contributed by atoms with van der Waals surface area (Å²) in [6.45, 7) is 1.86. The maximum atomic E-state index is 13.3. The van der Waals surface area contributed by atoms with E-state index in [2.05, 4.69) is 9.88 Å². The molecule has 2 aromatic rings. The van der Waals surface area contributed by atoms with Crippen molar-refractivity contribution in [3.8, 4) is 5.75 Å². The molecule has 1 aromatic carbocycles. The third-order valence-electron chi connectivity index (χ3n) is 5.92. The number of likely N-dealkylation sites (tertiary alicyclic amines) is 1. The SMILES string of the molecule is COc1ccc2nccc(N3CCC(C(=O)N4CCC(F)(F)CC4)CC3)c2c1. The summed E-state index contributed by atoms with van der Waals surface area (Å²) in [4.78, 5) is 21.1. The molecule has 0 atom stereocenters. The lowest BCUT2D eigenvalue weighted by Crippen LogP contribution is -2.47. The summed E-state index contributed by atoms with van der Waals surface area (Å²) in [5.41, 5.74) is 2.00. The molecule has 5 nitrogen and oxygen atoms in total. The Balaban J connectivity index is 1.43. The van der Waals surface area contributed by atoms with Gasteiger partial charge < -0.3 is 14.5 Å². The number of piperidine rings is 2. The highest BCUT2D eigenvalue weighted by atomic mass is 19.3. The van der Waals surface area contributed by atoms with Gasteiger partial charge in [0.15, 0.2) is 0 Å². The number of fused-ring (bicyclic) bond motifs is 1. The van der Waals surface area contributed by atoms with Crippen molar-refractivity contribution < 1.29 is 18.3 Å². The monoisotopic (exact) mass is 389 g/mol. The minimum absolute atomic E-state index is 0.0383. The van der Waals surface area contributed by atoms with E-state index in [0.29, 0.717) is 0 Å². The minimum Gasteiger partial charge on any atom is -0.497 e. The fraction of sp³-hybridized carbons (Fsp3) is 0.524. The summed E-state index contributed by atoms with van der Waals surface area (Å²) in [7, 11) is 1.64. The lowest BCUT2D eigenvalue weighted by atomic mass is 9.93. The number of carbonyl (C=O) groups is 1. The predicted octanol–water partition coefficient (Wildman–Crippen LogP) is 3.72. The number of aromatic nitrogens is 1. The number of carbonyl (C=O) groups excluding carboxylic acids is 1. The van der Waals surface area contributed by atoms with E-state index in [1.807, 2.05) is 24.3 Å². The van der Waals surface area contributed by atoms with Crippen molar-refractivity contribution in [1.82, 2.24) is 9.88 Å². The van der Waals surface area contributed by atoms with Crippen LogP contribution in [0.2, 0.25) is 0 Å². The van der Waals surface area contributed by atoms with Crippen LogP contribution in [0.25, 0.3) is 10.9 Å². The van der Waals surface area contributed by atoms with E-state index in [1.54, 1.807) is 18.2 Å². The molecular formula is C21H25F2N3O2. The van der Waals surface area contributed by atoms with Crippen LogP contribution in [0.4, 0.5) is 14.5 Å². The molecule has 0 aliphatic carbocycles. The number of alkyl halides is 2. The summed E-state index contributed by atoms with van der Waals surface area (Å²) < 4.78 is 32.0. The Morgan fingerprint density at radius 2 is 1.86 bits per heavy atom. The molecule has 3 heterocycles. The molecular weight excluding hydrogens is 364 g/mol. The van der Waals surface area contributed by atoms with Crippen LogP contribution in [0, 0.1) is 5.92 Å². The standard InChI is InChI=1S/C21H25F2N3O2/c1-28-16-2-3-18-17(14-16)19(4-9-24-18)25-10-5-15(6-11-25)20(27)26-12-7-21(22,23)8-13-26/h2-4,9,14-15H,5-8,10-13H2,1H3. The lowest BCUT2D eigenvalue weighted by molar-refractivity contribution is -0.142. The van der Waals surface area contributed by atoms with Gasteiger partial charge in [0.25, 0.3) is 5.92 Å². The zero-order valence-corrected chi connectivity index (χ0v) is 16.0. The van der Waals surface area contributed by atoms with Gasteiger partial charge in [-0.05, 0) is 37.1 Å². The van der Waals surface area contributed by atoms with Crippen LogP contribution in [-0.4, -0.2) is 55.0 Å². The number of nitrogens with zero attached hydrogens (tertiary/aromatic N) is 3. The first-order valence-electron chi connectivity index (χ1n) is 9.81. The summed E-state index contributed by atoms with van der Waals surface area (Å²) in [5, 5.41) is 1.03. The van der Waals surface area contributed by atoms with E-state index >= 15 is 0 Å². The van der Waals surface area contributed by atoms with Gasteiger partial charge in [0.1, 0.15) is 5.75 Å². The first-order valence-corrected chi connectivity index (χ1v) is 9.81. The van der Waals surface area contributed by atoms with Gasteiger partial charge in [-0.2, -0.15) is 0 Å². The molecule has 2 fully saturated rings. The van der Waals surface area contributed by atoms with Gasteiger partial charge in [0.2, 0.25) is 5.91 Å². The fourth-order valence-electron chi connectivity index (χ4n) is 4.19. The van der Waals surface area contributed by atoms with Gasteiger partial charge in [-0.25, -0.2) is 8.78 Å². The molecule has 2 aliphatic heterocycles. The van der Waals surface area contributed by atoms with Crippen LogP contribution in [0.1, 0.15) is 25.7 Å². The third-order valence-corrected chi connectivity index (χ3v) is 5.92. The van der Waals surface area contributed by atoms with Gasteiger partial charge in [-0.3, -0.25) is 9.78 Å². The second kappa shape index (κ2) is 7.53. The molecule has 2 aliphatic rings. The Morgan fingerprint density at radius 1 is 1.14 bits per heavy atom. The molecule has 7 heteroatoms. The predicted molar refractivity (Wildman–Crippen MR) is 104 cm³/mol. The number of hydrogen-bond acceptors (Lipinski definition) is 4. The molecule has 150 valence electrons. The normalized spacial score (nSPS) is 20.4. The van der Waals surface area contributed by atoms with E-state index in [-0.39, 0.29) is 37.8 Å². The zero-order chi connectivity index (χ0) is 19.7. The van der Waals surface area contributed by atoms with E-state index < -0.39 is 5.92 Å². The van der Waals surface area contributed by atoms with Crippen molar-refractivity contribution in [3.63, 3.8) is 0 Å². The molecule has 0 radical (unpaired) electrons. The summed E-state index contributed by atoms with van der Waals surface area (Å²) >= 11 is 0. The fourth-order valence-corrected chi connectivity index (χ4v) is 4.19. The van der Waals surface area contributed by atoms with Crippen molar-refractivity contribution >= 4 is 22.5 Å². The molecule has 1 aromatic heterocycles. The number of amides is 1. The van der Waals surface area contributed by atoms with Crippen LogP contribution < -0.4 is 9.64 Å². The van der Waals surface area contributed by atoms with E-state index in [0.717, 1.165) is 48.3 Å². The van der Waals surface area contributed by atoms with Crippen LogP contribution >= 0.6 is 0 Å². The molecule has 0 bridgehead atoms. The maximum absolute atomic E-state index is 13.3. The molecule has 0 spiro atoms. The van der Waals surface area contributed by atoms with Crippen LogP contribution in [0.3, 0.4) is 0 Å². The molecule has 2 saturated heterocycles. The average Bonchev–Trinajstić information content (AvgIpc) is 2.72. The molecule has 28 heavy (non-hydrogen) atoms. The van der Waals surface area contributed by atoms with Crippen molar-refractivity contribution in [1.29, 1.82) is 0 Å². The summed E-state index contributed by atoms with van der Waals surface area (Å²) in [6, 6.07) is 7.83. The Morgan fingerprint density at radius 3 is 2.54 bits per heavy atom. The van der Waals surface area contributed by atoms with Crippen molar-refractivity contribution in [2.75, 3.05) is 38.2 Å². The third kappa shape index (κ3) is 3.75. The highest BCUT2D eigenvalue weighted by Gasteiger charge is 2.37. The molecule has 0 saturated carbocycles. The number of halogens is 2. The maximum Gasteiger partial charge on any atom is 0.251 e. The van der Waals surface area contributed by atoms with Crippen molar-refractivity contribution in [2.45, 2.75) is 31.6 Å². The number of hydrogen-bond donors (Lipinski definition) is 0. The zero-order valence-electron chi connectivity index (χ0n) is 16.0. The van der Waals surface area contributed by atoms with Gasteiger partial charge in [0.05, 0.1) is 12.6 Å². The number of anilines is 1. The van der Waals surface area contributed by atoms with E-state index in [4.69, 9.17) is 4.74 Å². The van der Waals surface area contributed by atoms with Crippen molar-refractivity contribution in [2.24, 2.45) is 5.92 Å². The number of pyridine rings is 1. The molecule has 4 rings (SSSR count). The average molecular weight is 389 g/mol. The lowest BCUT2D eigenvalue weighted by Gasteiger charge is -2.38. The Hall–Kier alpha value is -2.44. The van der Waals surface area contributed by atoms with Crippen LogP contribution in [-0.2, 0) is 4.79 Å². The molecule has 0 N–H and O–H groups in total. The number of methoxy groups -OCH3 is 1. The first kappa shape index (κ1) is 18.9. The summed E-state index contributed by atoms with van der Waals surface area (Å²) in [6.07, 6.45) is 2.83. The highest BCUT2D eigenvalue weighted by molar-refractivity contribution is 5.92. The minimum atomic E-state index is -2.62. The first-order chi connectivity index (χ1) is 13.5. The second-order valence-electron chi connectivity index (χ2n) is 7.66. The van der Waals surface area contributed by atoms with E-state index in [9.17, 15) is 13.6 Å². The van der Waals surface area contributed by atoms with E-state index in [1.165, 1.54) is 0 Å². The quantitative estimate of drug-likeness (QED) is 0.803. The van der Waals surface area contributed by atoms with Crippen LogP contribution in [0.15, 0.2) is 30.5 Å². The van der Waals surface area contributed by atoms with Crippen molar-refractivity contribution in [3.05, 3.63) is 30.5 Å².